The average molecular weight is 419 g/mol. The number of aromatic nitrogens is 2. The molecule has 2 saturated heterocycles. The van der Waals surface area contributed by atoms with E-state index in [9.17, 15) is 0 Å². The van der Waals surface area contributed by atoms with Gasteiger partial charge in [0, 0.05) is 47.8 Å². The van der Waals surface area contributed by atoms with E-state index in [-0.39, 0.29) is 0 Å². The Morgan fingerprint density at radius 3 is 2.45 bits per heavy atom. The van der Waals surface area contributed by atoms with Gasteiger partial charge >= 0.3 is 0 Å². The molecule has 2 fully saturated rings. The Balaban J connectivity index is 1.27. The molecule has 0 unspecified atom stereocenters. The van der Waals surface area contributed by atoms with Gasteiger partial charge in [0.2, 0.25) is 5.95 Å². The molecule has 0 bridgehead atoms. The van der Waals surface area contributed by atoms with Gasteiger partial charge in [-0.25, -0.2) is 9.97 Å². The predicted molar refractivity (Wildman–Crippen MR) is 126 cm³/mol. The third kappa shape index (κ3) is 4.89. The number of anilines is 4. The van der Waals surface area contributed by atoms with E-state index in [1.54, 1.807) is 0 Å². The van der Waals surface area contributed by atoms with Crippen LogP contribution in [0.15, 0.2) is 48.7 Å². The van der Waals surface area contributed by atoms with Crippen molar-refractivity contribution in [1.29, 1.82) is 0 Å². The summed E-state index contributed by atoms with van der Waals surface area (Å²) in [5.74, 6) is 0.614. The highest BCUT2D eigenvalue weighted by Gasteiger charge is 2.16. The predicted octanol–water partition coefficient (Wildman–Crippen LogP) is 3.72. The Hall–Kier alpha value is -2.90. The van der Waals surface area contributed by atoms with E-state index in [0.717, 1.165) is 61.7 Å². The van der Waals surface area contributed by atoms with Gasteiger partial charge in [-0.15, -0.1) is 0 Å². The van der Waals surface area contributed by atoms with Crippen LogP contribution in [0, 0.1) is 0 Å². The van der Waals surface area contributed by atoms with E-state index in [4.69, 9.17) is 9.72 Å². The van der Waals surface area contributed by atoms with E-state index >= 15 is 0 Å². The molecule has 3 aromatic rings. The number of morpholine rings is 1. The van der Waals surface area contributed by atoms with E-state index in [2.05, 4.69) is 74.9 Å². The van der Waals surface area contributed by atoms with Gasteiger partial charge in [-0.1, -0.05) is 0 Å². The van der Waals surface area contributed by atoms with Crippen LogP contribution in [0.2, 0.25) is 0 Å². The molecule has 2 aromatic carbocycles. The summed E-state index contributed by atoms with van der Waals surface area (Å²) in [6, 6.07) is 15.3. The van der Waals surface area contributed by atoms with Crippen molar-refractivity contribution in [2.45, 2.75) is 18.9 Å². The molecule has 162 valence electrons. The number of nitrogens with one attached hydrogen (secondary N) is 2. The lowest BCUT2D eigenvalue weighted by molar-refractivity contribution is 0.122. The fourth-order valence-corrected chi connectivity index (χ4v) is 4.27. The Morgan fingerprint density at radius 1 is 0.935 bits per heavy atom. The number of benzene rings is 2. The minimum atomic E-state index is 0.526. The average Bonchev–Trinajstić information content (AvgIpc) is 2.81. The molecule has 0 radical (unpaired) electrons. The van der Waals surface area contributed by atoms with Crippen LogP contribution >= 0.6 is 0 Å². The van der Waals surface area contributed by atoms with E-state index in [1.807, 2.05) is 6.20 Å². The Morgan fingerprint density at radius 2 is 1.68 bits per heavy atom. The van der Waals surface area contributed by atoms with Crippen molar-refractivity contribution in [3.8, 4) is 0 Å². The number of hydrogen-bond donors (Lipinski definition) is 2. The molecule has 2 aliphatic rings. The van der Waals surface area contributed by atoms with Crippen molar-refractivity contribution in [3.05, 3.63) is 48.7 Å². The smallest absolute Gasteiger partial charge is 0.227 e. The quantitative estimate of drug-likeness (QED) is 0.655. The highest BCUT2D eigenvalue weighted by Crippen LogP contribution is 2.24. The molecule has 0 amide bonds. The summed E-state index contributed by atoms with van der Waals surface area (Å²) in [5, 5.41) is 8.06. The first-order valence-electron chi connectivity index (χ1n) is 11.1. The highest BCUT2D eigenvalue weighted by atomic mass is 16.5. The zero-order valence-corrected chi connectivity index (χ0v) is 18.1. The van der Waals surface area contributed by atoms with Gasteiger partial charge in [-0.3, -0.25) is 0 Å². The standard InChI is InChI=1S/C24H30N6O/c1-29-10-8-20(9-11-29)26-21-3-2-18-17-25-24(28-23(18)16-21)27-19-4-6-22(7-5-19)30-12-14-31-15-13-30/h2-7,16-17,20,26H,8-15H2,1H3,(H,25,27,28). The van der Waals surface area contributed by atoms with E-state index < -0.39 is 0 Å². The SMILES string of the molecule is CN1CCC(Nc2ccc3cnc(Nc4ccc(N5CCOCC5)cc4)nc3c2)CC1. The monoisotopic (exact) mass is 418 g/mol. The largest absolute Gasteiger partial charge is 0.382 e. The number of fused-ring (bicyclic) bond motifs is 1. The summed E-state index contributed by atoms with van der Waals surface area (Å²) < 4.78 is 5.44. The Bertz CT molecular complexity index is 1010. The van der Waals surface area contributed by atoms with Gasteiger partial charge in [0.25, 0.3) is 0 Å². The van der Waals surface area contributed by atoms with Crippen molar-refractivity contribution < 1.29 is 4.74 Å². The Kier molecular flexibility index (Phi) is 5.86. The molecular formula is C24H30N6O. The number of rotatable bonds is 5. The normalized spacial score (nSPS) is 18.3. The van der Waals surface area contributed by atoms with Crippen molar-refractivity contribution in [2.24, 2.45) is 0 Å². The summed E-state index contributed by atoms with van der Waals surface area (Å²) in [4.78, 5) is 14.0. The summed E-state index contributed by atoms with van der Waals surface area (Å²) >= 11 is 0. The molecule has 2 aliphatic heterocycles. The van der Waals surface area contributed by atoms with Crippen LogP contribution in [-0.4, -0.2) is 67.4 Å². The summed E-state index contributed by atoms with van der Waals surface area (Å²) in [6.45, 7) is 5.75. The molecule has 2 N–H and O–H groups in total. The minimum Gasteiger partial charge on any atom is -0.382 e. The van der Waals surface area contributed by atoms with E-state index in [1.165, 1.54) is 18.5 Å². The number of ether oxygens (including phenoxy) is 1. The van der Waals surface area contributed by atoms with Gasteiger partial charge in [0.15, 0.2) is 0 Å². The zero-order chi connectivity index (χ0) is 21.0. The third-order valence-electron chi connectivity index (χ3n) is 6.17. The van der Waals surface area contributed by atoms with Gasteiger partial charge in [-0.05, 0) is 75.4 Å². The van der Waals surface area contributed by atoms with Gasteiger partial charge < -0.3 is 25.2 Å². The molecule has 1 aromatic heterocycles. The first-order valence-corrected chi connectivity index (χ1v) is 11.1. The first kappa shape index (κ1) is 20.0. The van der Waals surface area contributed by atoms with Crippen LogP contribution in [-0.2, 0) is 4.74 Å². The maximum absolute atomic E-state index is 5.44. The second-order valence-electron chi connectivity index (χ2n) is 8.46. The van der Waals surface area contributed by atoms with Crippen LogP contribution in [0.5, 0.6) is 0 Å². The maximum Gasteiger partial charge on any atom is 0.227 e. The zero-order valence-electron chi connectivity index (χ0n) is 18.1. The van der Waals surface area contributed by atoms with E-state index in [0.29, 0.717) is 12.0 Å². The number of likely N-dealkylation sites (tertiary alicyclic amines) is 1. The van der Waals surface area contributed by atoms with Gasteiger partial charge in [0.1, 0.15) is 0 Å². The van der Waals surface area contributed by atoms with Gasteiger partial charge in [-0.2, -0.15) is 0 Å². The molecule has 5 rings (SSSR count). The molecule has 3 heterocycles. The number of piperidine rings is 1. The second kappa shape index (κ2) is 9.08. The first-order chi connectivity index (χ1) is 15.2. The maximum atomic E-state index is 5.44. The molecule has 7 heteroatoms. The summed E-state index contributed by atoms with van der Waals surface area (Å²) in [5.41, 5.74) is 4.27. The van der Waals surface area contributed by atoms with Gasteiger partial charge in [0.05, 0.1) is 18.7 Å². The van der Waals surface area contributed by atoms with Crippen LogP contribution in [0.1, 0.15) is 12.8 Å². The van der Waals surface area contributed by atoms with Crippen molar-refractivity contribution >= 4 is 33.9 Å². The Labute approximate surface area is 183 Å². The van der Waals surface area contributed by atoms with Crippen molar-refractivity contribution in [3.63, 3.8) is 0 Å². The summed E-state index contributed by atoms with van der Waals surface area (Å²) in [6.07, 6.45) is 4.23. The lowest BCUT2D eigenvalue weighted by Gasteiger charge is -2.30. The highest BCUT2D eigenvalue weighted by molar-refractivity contribution is 5.82. The third-order valence-corrected chi connectivity index (χ3v) is 6.17. The molecule has 0 aliphatic carbocycles. The lowest BCUT2D eigenvalue weighted by Crippen LogP contribution is -2.36. The fourth-order valence-electron chi connectivity index (χ4n) is 4.27. The minimum absolute atomic E-state index is 0.526. The number of nitrogens with zero attached hydrogens (tertiary/aromatic N) is 4. The molecule has 0 saturated carbocycles. The summed E-state index contributed by atoms with van der Waals surface area (Å²) in [7, 11) is 2.19. The van der Waals surface area contributed by atoms with Crippen LogP contribution in [0.25, 0.3) is 10.9 Å². The fraction of sp³-hybridized carbons (Fsp3) is 0.417. The second-order valence-corrected chi connectivity index (χ2v) is 8.46. The topological polar surface area (TPSA) is 65.5 Å². The molecular weight excluding hydrogens is 388 g/mol. The molecule has 7 nitrogen and oxygen atoms in total. The number of hydrogen-bond acceptors (Lipinski definition) is 7. The van der Waals surface area contributed by atoms with Crippen molar-refractivity contribution in [2.75, 3.05) is 62.0 Å². The molecule has 0 atom stereocenters. The van der Waals surface area contributed by atoms with Crippen LogP contribution < -0.4 is 15.5 Å². The van der Waals surface area contributed by atoms with Crippen molar-refractivity contribution in [1.82, 2.24) is 14.9 Å². The molecule has 31 heavy (non-hydrogen) atoms. The molecule has 0 spiro atoms. The lowest BCUT2D eigenvalue weighted by atomic mass is 10.1. The van der Waals surface area contributed by atoms with Crippen LogP contribution in [0.3, 0.4) is 0 Å². The van der Waals surface area contributed by atoms with Crippen LogP contribution in [0.4, 0.5) is 23.0 Å².